The van der Waals surface area contributed by atoms with Crippen LogP contribution >= 0.6 is 0 Å². The fourth-order valence-corrected chi connectivity index (χ4v) is 2.11. The van der Waals surface area contributed by atoms with E-state index in [9.17, 15) is 9.59 Å². The molecule has 0 unspecified atom stereocenters. The van der Waals surface area contributed by atoms with Crippen LogP contribution < -0.4 is 16.4 Å². The molecule has 0 bridgehead atoms. The van der Waals surface area contributed by atoms with E-state index in [0.29, 0.717) is 25.9 Å². The van der Waals surface area contributed by atoms with Gasteiger partial charge in [0.1, 0.15) is 6.04 Å². The van der Waals surface area contributed by atoms with Crippen molar-refractivity contribution in [1.82, 2.24) is 10.6 Å². The summed E-state index contributed by atoms with van der Waals surface area (Å²) >= 11 is 0. The SMILES string of the molecule is CCCCCCC(=O)N[C@@H](CCCCN)C(=O)NCCC. The summed E-state index contributed by atoms with van der Waals surface area (Å²) in [6, 6.07) is -0.415. The van der Waals surface area contributed by atoms with Crippen LogP contribution in [0.5, 0.6) is 0 Å². The Morgan fingerprint density at radius 1 is 1.00 bits per heavy atom. The first-order chi connectivity index (χ1) is 10.2. The Bertz CT molecular complexity index is 283. The predicted octanol–water partition coefficient (Wildman–Crippen LogP) is 2.10. The van der Waals surface area contributed by atoms with Crippen molar-refractivity contribution in [3.8, 4) is 0 Å². The van der Waals surface area contributed by atoms with Crippen LogP contribution in [0, 0.1) is 0 Å². The molecule has 21 heavy (non-hydrogen) atoms. The molecule has 0 spiro atoms. The van der Waals surface area contributed by atoms with Gasteiger partial charge in [-0.1, -0.05) is 33.1 Å². The maximum atomic E-state index is 12.1. The number of rotatable bonds is 13. The maximum absolute atomic E-state index is 12.1. The minimum absolute atomic E-state index is 0.0181. The van der Waals surface area contributed by atoms with Gasteiger partial charge in [0, 0.05) is 13.0 Å². The Balaban J connectivity index is 4.17. The van der Waals surface area contributed by atoms with Gasteiger partial charge in [-0.15, -0.1) is 0 Å². The van der Waals surface area contributed by atoms with Crippen molar-refractivity contribution < 1.29 is 9.59 Å². The van der Waals surface area contributed by atoms with Gasteiger partial charge in [-0.3, -0.25) is 9.59 Å². The number of nitrogens with one attached hydrogen (secondary N) is 2. The number of carbonyl (C=O) groups excluding carboxylic acids is 2. The van der Waals surface area contributed by atoms with Gasteiger partial charge >= 0.3 is 0 Å². The molecule has 0 heterocycles. The molecular formula is C16H33N3O2. The molecule has 1 atom stereocenters. The summed E-state index contributed by atoms with van der Waals surface area (Å²) < 4.78 is 0. The molecule has 0 aliphatic carbocycles. The van der Waals surface area contributed by atoms with Gasteiger partial charge in [-0.05, 0) is 38.6 Å². The summed E-state index contributed by atoms with van der Waals surface area (Å²) in [7, 11) is 0. The topological polar surface area (TPSA) is 84.2 Å². The summed E-state index contributed by atoms with van der Waals surface area (Å²) in [4.78, 5) is 24.0. The molecule has 0 aliphatic rings. The molecule has 2 amide bonds. The predicted molar refractivity (Wildman–Crippen MR) is 86.9 cm³/mol. The van der Waals surface area contributed by atoms with Crippen LogP contribution in [0.2, 0.25) is 0 Å². The Morgan fingerprint density at radius 3 is 2.38 bits per heavy atom. The van der Waals surface area contributed by atoms with E-state index in [-0.39, 0.29) is 11.8 Å². The molecule has 0 rings (SSSR count). The lowest BCUT2D eigenvalue weighted by atomic mass is 10.1. The van der Waals surface area contributed by atoms with Gasteiger partial charge in [0.15, 0.2) is 0 Å². The van der Waals surface area contributed by atoms with E-state index < -0.39 is 6.04 Å². The lowest BCUT2D eigenvalue weighted by Crippen LogP contribution is -2.46. The van der Waals surface area contributed by atoms with Crippen molar-refractivity contribution in [2.75, 3.05) is 13.1 Å². The number of hydrogen-bond acceptors (Lipinski definition) is 3. The summed E-state index contributed by atoms with van der Waals surface area (Å²) in [5.74, 6) is -0.0914. The summed E-state index contributed by atoms with van der Waals surface area (Å²) in [6.07, 6.45) is 8.08. The quantitative estimate of drug-likeness (QED) is 0.455. The summed E-state index contributed by atoms with van der Waals surface area (Å²) in [6.45, 7) is 5.43. The van der Waals surface area contributed by atoms with Crippen molar-refractivity contribution in [3.05, 3.63) is 0 Å². The van der Waals surface area contributed by atoms with E-state index in [1.54, 1.807) is 0 Å². The Hall–Kier alpha value is -1.10. The molecule has 5 nitrogen and oxygen atoms in total. The largest absolute Gasteiger partial charge is 0.354 e. The highest BCUT2D eigenvalue weighted by Crippen LogP contribution is 2.05. The number of amides is 2. The van der Waals surface area contributed by atoms with Crippen LogP contribution in [0.15, 0.2) is 0 Å². The standard InChI is InChI=1S/C16H33N3O2/c1-3-5-6-7-11-15(20)19-14(10-8-9-12-17)16(21)18-13-4-2/h14H,3-13,17H2,1-2H3,(H,18,21)(H,19,20)/t14-/m0/s1. The highest BCUT2D eigenvalue weighted by atomic mass is 16.2. The summed E-state index contributed by atoms with van der Waals surface area (Å²) in [5, 5.41) is 5.73. The van der Waals surface area contributed by atoms with Crippen LogP contribution in [0.4, 0.5) is 0 Å². The van der Waals surface area contributed by atoms with Crippen LogP contribution in [-0.4, -0.2) is 30.9 Å². The van der Waals surface area contributed by atoms with Crippen LogP contribution in [0.1, 0.15) is 71.6 Å². The lowest BCUT2D eigenvalue weighted by Gasteiger charge is -2.18. The summed E-state index contributed by atoms with van der Waals surface area (Å²) in [5.41, 5.74) is 5.48. The first-order valence-corrected chi connectivity index (χ1v) is 8.42. The molecule has 0 saturated heterocycles. The molecule has 5 heteroatoms. The molecule has 0 aromatic heterocycles. The minimum Gasteiger partial charge on any atom is -0.354 e. The Morgan fingerprint density at radius 2 is 1.76 bits per heavy atom. The molecule has 0 aliphatic heterocycles. The van der Waals surface area contributed by atoms with Crippen molar-refractivity contribution in [2.24, 2.45) is 5.73 Å². The zero-order chi connectivity index (χ0) is 15.9. The number of hydrogen-bond donors (Lipinski definition) is 3. The molecule has 0 radical (unpaired) electrons. The zero-order valence-electron chi connectivity index (χ0n) is 13.7. The van der Waals surface area contributed by atoms with E-state index in [1.165, 1.54) is 0 Å². The Labute approximate surface area is 129 Å². The van der Waals surface area contributed by atoms with Crippen molar-refractivity contribution >= 4 is 11.8 Å². The smallest absolute Gasteiger partial charge is 0.242 e. The number of unbranched alkanes of at least 4 members (excludes halogenated alkanes) is 4. The van der Waals surface area contributed by atoms with Gasteiger partial charge in [0.2, 0.25) is 11.8 Å². The molecule has 0 saturated carbocycles. The van der Waals surface area contributed by atoms with Crippen molar-refractivity contribution in [2.45, 2.75) is 77.7 Å². The first-order valence-electron chi connectivity index (χ1n) is 8.42. The van der Waals surface area contributed by atoms with Crippen LogP contribution in [-0.2, 0) is 9.59 Å². The average molecular weight is 299 g/mol. The first kappa shape index (κ1) is 19.9. The fourth-order valence-electron chi connectivity index (χ4n) is 2.11. The third kappa shape index (κ3) is 11.3. The van der Waals surface area contributed by atoms with E-state index >= 15 is 0 Å². The van der Waals surface area contributed by atoms with Crippen LogP contribution in [0.25, 0.3) is 0 Å². The lowest BCUT2D eigenvalue weighted by molar-refractivity contribution is -0.129. The molecule has 4 N–H and O–H groups in total. The molecule has 0 aromatic rings. The van der Waals surface area contributed by atoms with E-state index in [4.69, 9.17) is 5.73 Å². The van der Waals surface area contributed by atoms with Gasteiger partial charge < -0.3 is 16.4 Å². The maximum Gasteiger partial charge on any atom is 0.242 e. The highest BCUT2D eigenvalue weighted by molar-refractivity contribution is 5.87. The number of nitrogens with two attached hydrogens (primary N) is 1. The fraction of sp³-hybridized carbons (Fsp3) is 0.875. The van der Waals surface area contributed by atoms with Gasteiger partial charge in [0.05, 0.1) is 0 Å². The second-order valence-electron chi connectivity index (χ2n) is 5.51. The molecule has 0 fully saturated rings. The normalized spacial score (nSPS) is 12.0. The third-order valence-electron chi connectivity index (χ3n) is 3.41. The van der Waals surface area contributed by atoms with Crippen molar-refractivity contribution in [3.63, 3.8) is 0 Å². The second kappa shape index (κ2) is 13.9. The second-order valence-corrected chi connectivity index (χ2v) is 5.51. The average Bonchev–Trinajstić information content (AvgIpc) is 2.48. The van der Waals surface area contributed by atoms with Crippen LogP contribution in [0.3, 0.4) is 0 Å². The molecular weight excluding hydrogens is 266 g/mol. The van der Waals surface area contributed by atoms with Crippen molar-refractivity contribution in [1.29, 1.82) is 0 Å². The van der Waals surface area contributed by atoms with Gasteiger partial charge in [-0.25, -0.2) is 0 Å². The van der Waals surface area contributed by atoms with Gasteiger partial charge in [0.25, 0.3) is 0 Å². The monoisotopic (exact) mass is 299 g/mol. The highest BCUT2D eigenvalue weighted by Gasteiger charge is 2.19. The van der Waals surface area contributed by atoms with E-state index in [0.717, 1.165) is 44.9 Å². The molecule has 124 valence electrons. The zero-order valence-corrected chi connectivity index (χ0v) is 13.7. The molecule has 0 aromatic carbocycles. The third-order valence-corrected chi connectivity index (χ3v) is 3.41. The Kier molecular flexibility index (Phi) is 13.1. The van der Waals surface area contributed by atoms with Gasteiger partial charge in [-0.2, -0.15) is 0 Å². The van der Waals surface area contributed by atoms with E-state index in [1.807, 2.05) is 6.92 Å². The van der Waals surface area contributed by atoms with E-state index in [2.05, 4.69) is 17.6 Å². The number of carbonyl (C=O) groups is 2. The minimum atomic E-state index is -0.415.